The lowest BCUT2D eigenvalue weighted by Gasteiger charge is -2.10. The van der Waals surface area contributed by atoms with Crippen molar-refractivity contribution in [3.05, 3.63) is 59.1 Å². The molecule has 0 aliphatic rings. The van der Waals surface area contributed by atoms with Crippen LogP contribution in [0.1, 0.15) is 25.3 Å². The molecule has 0 saturated heterocycles. The van der Waals surface area contributed by atoms with Crippen molar-refractivity contribution in [2.45, 2.75) is 24.7 Å². The predicted molar refractivity (Wildman–Crippen MR) is 82.8 cm³/mol. The van der Waals surface area contributed by atoms with Crippen LogP contribution in [-0.4, -0.2) is 8.42 Å². The molecule has 0 spiro atoms. The van der Waals surface area contributed by atoms with Crippen LogP contribution in [0, 0.1) is 0 Å². The molecule has 2 rings (SSSR count). The number of benzene rings is 2. The van der Waals surface area contributed by atoms with Crippen molar-refractivity contribution in [3.63, 3.8) is 0 Å². The van der Waals surface area contributed by atoms with E-state index in [1.807, 2.05) is 12.1 Å². The van der Waals surface area contributed by atoms with E-state index < -0.39 is 10.0 Å². The second-order valence-electron chi connectivity index (χ2n) is 4.84. The summed E-state index contributed by atoms with van der Waals surface area (Å²) in [5, 5.41) is 0.564. The maximum atomic E-state index is 12.2. The second kappa shape index (κ2) is 5.85. The van der Waals surface area contributed by atoms with E-state index in [1.165, 1.54) is 0 Å². The van der Waals surface area contributed by atoms with Gasteiger partial charge in [0.1, 0.15) is 0 Å². The zero-order valence-electron chi connectivity index (χ0n) is 11.3. The molecular weight excluding hydrogens is 294 g/mol. The number of hydrogen-bond acceptors (Lipinski definition) is 2. The minimum absolute atomic E-state index is 0.247. The molecule has 2 aromatic carbocycles. The first-order valence-corrected chi connectivity index (χ1v) is 8.13. The molecule has 0 fully saturated rings. The molecule has 0 amide bonds. The van der Waals surface area contributed by atoms with Gasteiger partial charge in [-0.05, 0) is 47.9 Å². The molecule has 0 radical (unpaired) electrons. The summed E-state index contributed by atoms with van der Waals surface area (Å²) in [4.78, 5) is 0.247. The highest BCUT2D eigenvalue weighted by atomic mass is 35.5. The molecule has 3 nitrogen and oxygen atoms in total. The Labute approximate surface area is 124 Å². The Morgan fingerprint density at radius 3 is 2.00 bits per heavy atom. The number of halogens is 1. The van der Waals surface area contributed by atoms with Crippen molar-refractivity contribution in [2.75, 3.05) is 4.72 Å². The highest BCUT2D eigenvalue weighted by Gasteiger charge is 2.14. The first-order valence-electron chi connectivity index (χ1n) is 6.27. The normalized spacial score (nSPS) is 11.6. The average molecular weight is 310 g/mol. The summed E-state index contributed by atoms with van der Waals surface area (Å²) >= 11 is 5.77. The predicted octanol–water partition coefficient (Wildman–Crippen LogP) is 4.26. The van der Waals surface area contributed by atoms with E-state index in [4.69, 9.17) is 11.6 Å². The quantitative estimate of drug-likeness (QED) is 0.917. The van der Waals surface area contributed by atoms with E-state index in [9.17, 15) is 8.42 Å². The molecule has 0 aromatic heterocycles. The van der Waals surface area contributed by atoms with Crippen LogP contribution < -0.4 is 4.72 Å². The van der Waals surface area contributed by atoms with Gasteiger partial charge >= 0.3 is 0 Å². The van der Waals surface area contributed by atoms with Gasteiger partial charge in [-0.15, -0.1) is 0 Å². The Bertz CT molecular complexity index is 677. The standard InChI is InChI=1S/C15H16ClNO2S/c1-11(2)12-3-9-15(10-4-12)20(18,19)17-14-7-5-13(16)6-8-14/h3-11,17H,1-2H3. The molecule has 0 unspecified atom stereocenters. The van der Waals surface area contributed by atoms with E-state index in [0.29, 0.717) is 16.6 Å². The fourth-order valence-corrected chi connectivity index (χ4v) is 2.95. The molecule has 0 aliphatic heterocycles. The Morgan fingerprint density at radius 2 is 1.50 bits per heavy atom. The van der Waals surface area contributed by atoms with Crippen LogP contribution in [0.25, 0.3) is 0 Å². The van der Waals surface area contributed by atoms with Crippen LogP contribution >= 0.6 is 11.6 Å². The van der Waals surface area contributed by atoms with Crippen molar-refractivity contribution in [3.8, 4) is 0 Å². The van der Waals surface area contributed by atoms with Crippen molar-refractivity contribution >= 4 is 27.3 Å². The van der Waals surface area contributed by atoms with E-state index in [0.717, 1.165) is 5.56 Å². The van der Waals surface area contributed by atoms with Gasteiger partial charge in [0.25, 0.3) is 10.0 Å². The van der Waals surface area contributed by atoms with Gasteiger partial charge in [-0.2, -0.15) is 0 Å². The molecule has 0 aliphatic carbocycles. The number of hydrogen-bond donors (Lipinski definition) is 1. The maximum absolute atomic E-state index is 12.2. The average Bonchev–Trinajstić information content (AvgIpc) is 2.41. The minimum Gasteiger partial charge on any atom is -0.280 e. The van der Waals surface area contributed by atoms with Crippen LogP contribution in [0.2, 0.25) is 5.02 Å². The molecule has 2 aromatic rings. The van der Waals surface area contributed by atoms with Crippen molar-refractivity contribution < 1.29 is 8.42 Å². The summed E-state index contributed by atoms with van der Waals surface area (Å²) in [5.74, 6) is 0.371. The highest BCUT2D eigenvalue weighted by molar-refractivity contribution is 7.92. The van der Waals surface area contributed by atoms with E-state index in [-0.39, 0.29) is 4.90 Å². The largest absolute Gasteiger partial charge is 0.280 e. The molecule has 106 valence electrons. The lowest BCUT2D eigenvalue weighted by molar-refractivity contribution is 0.601. The fourth-order valence-electron chi connectivity index (χ4n) is 1.76. The first-order chi connectivity index (χ1) is 9.38. The monoisotopic (exact) mass is 309 g/mol. The van der Waals surface area contributed by atoms with Crippen molar-refractivity contribution in [2.24, 2.45) is 0 Å². The Kier molecular flexibility index (Phi) is 4.35. The second-order valence-corrected chi connectivity index (χ2v) is 6.95. The van der Waals surface area contributed by atoms with Gasteiger partial charge in [0.05, 0.1) is 4.90 Å². The summed E-state index contributed by atoms with van der Waals surface area (Å²) in [6.07, 6.45) is 0. The summed E-state index contributed by atoms with van der Waals surface area (Å²) in [7, 11) is -3.56. The molecular formula is C15H16ClNO2S. The molecule has 0 bridgehead atoms. The van der Waals surface area contributed by atoms with E-state index in [2.05, 4.69) is 18.6 Å². The summed E-state index contributed by atoms with van der Waals surface area (Å²) < 4.78 is 27.0. The molecule has 0 atom stereocenters. The topological polar surface area (TPSA) is 46.2 Å². The zero-order chi connectivity index (χ0) is 14.8. The summed E-state index contributed by atoms with van der Waals surface area (Å²) in [6.45, 7) is 4.13. The fraction of sp³-hybridized carbons (Fsp3) is 0.200. The third-order valence-corrected chi connectivity index (χ3v) is 4.60. The molecule has 0 saturated carbocycles. The highest BCUT2D eigenvalue weighted by Crippen LogP contribution is 2.20. The van der Waals surface area contributed by atoms with Crippen molar-refractivity contribution in [1.29, 1.82) is 0 Å². The van der Waals surface area contributed by atoms with Gasteiger partial charge in [0, 0.05) is 10.7 Å². The Hall–Kier alpha value is -1.52. The van der Waals surface area contributed by atoms with E-state index >= 15 is 0 Å². The zero-order valence-corrected chi connectivity index (χ0v) is 12.9. The lowest BCUT2D eigenvalue weighted by Crippen LogP contribution is -2.12. The lowest BCUT2D eigenvalue weighted by atomic mass is 10.0. The Balaban J connectivity index is 2.23. The third-order valence-electron chi connectivity index (χ3n) is 2.95. The van der Waals surface area contributed by atoms with Gasteiger partial charge in [-0.1, -0.05) is 37.6 Å². The molecule has 1 N–H and O–H groups in total. The van der Waals surface area contributed by atoms with Crippen LogP contribution in [0.5, 0.6) is 0 Å². The number of anilines is 1. The Morgan fingerprint density at radius 1 is 0.950 bits per heavy atom. The summed E-state index contributed by atoms with van der Waals surface area (Å²) in [6, 6.07) is 13.4. The number of sulfonamides is 1. The van der Waals surface area contributed by atoms with Gasteiger partial charge in [-0.3, -0.25) is 4.72 Å². The summed E-state index contributed by atoms with van der Waals surface area (Å²) in [5.41, 5.74) is 1.60. The van der Waals surface area contributed by atoms with Crippen LogP contribution in [-0.2, 0) is 10.0 Å². The van der Waals surface area contributed by atoms with E-state index in [1.54, 1.807) is 36.4 Å². The van der Waals surface area contributed by atoms with Gasteiger partial charge in [0.2, 0.25) is 0 Å². The van der Waals surface area contributed by atoms with Gasteiger partial charge < -0.3 is 0 Å². The van der Waals surface area contributed by atoms with Crippen LogP contribution in [0.3, 0.4) is 0 Å². The minimum atomic E-state index is -3.56. The number of nitrogens with one attached hydrogen (secondary N) is 1. The molecule has 0 heterocycles. The van der Waals surface area contributed by atoms with Crippen molar-refractivity contribution in [1.82, 2.24) is 0 Å². The van der Waals surface area contributed by atoms with Crippen LogP contribution in [0.4, 0.5) is 5.69 Å². The van der Waals surface area contributed by atoms with Gasteiger partial charge in [0.15, 0.2) is 0 Å². The molecule has 20 heavy (non-hydrogen) atoms. The first kappa shape index (κ1) is 14.9. The third kappa shape index (κ3) is 3.52. The van der Waals surface area contributed by atoms with Gasteiger partial charge in [-0.25, -0.2) is 8.42 Å². The maximum Gasteiger partial charge on any atom is 0.261 e. The molecule has 5 heteroatoms. The SMILES string of the molecule is CC(C)c1ccc(S(=O)(=O)Nc2ccc(Cl)cc2)cc1. The smallest absolute Gasteiger partial charge is 0.261 e. The van der Waals surface area contributed by atoms with Crippen LogP contribution in [0.15, 0.2) is 53.4 Å². The number of rotatable bonds is 4.